The van der Waals surface area contributed by atoms with Crippen molar-refractivity contribution in [1.29, 1.82) is 0 Å². The van der Waals surface area contributed by atoms with Crippen LogP contribution in [0, 0.1) is 0 Å². The average molecular weight is 582 g/mol. The van der Waals surface area contributed by atoms with E-state index in [9.17, 15) is 0 Å². The van der Waals surface area contributed by atoms with Crippen molar-refractivity contribution in [2.75, 3.05) is 13.2 Å². The molecule has 2 aliphatic heterocycles. The van der Waals surface area contributed by atoms with Crippen LogP contribution in [0.5, 0.6) is 23.0 Å². The van der Waals surface area contributed by atoms with Crippen LogP contribution in [0.25, 0.3) is 0 Å². The number of hydrogen-bond donors (Lipinski definition) is 0. The molecule has 1 aromatic heterocycles. The zero-order valence-electron chi connectivity index (χ0n) is 24.6. The largest absolute Gasteiger partial charge is 0.493 e. The fourth-order valence-electron chi connectivity index (χ4n) is 5.74. The third-order valence-electron chi connectivity index (χ3n) is 7.90. The standard InChI is InChI=1S/C36H39NO4S/c1-3-5-7-11-21-38-26-17-19-29-32(24-26)40-33-25-27(39-22-12-8-6-4-2)18-20-30(33)36(29)28-14-9-10-15-31(28)37-35(41-36)34-16-13-23-42-34/h9-10,13-20,23-25H,3-8,11-12,21-22H2,1-2H3. The highest BCUT2D eigenvalue weighted by atomic mass is 32.1. The average Bonchev–Trinajstić information content (AvgIpc) is 3.56. The molecule has 3 aromatic carbocycles. The lowest BCUT2D eigenvalue weighted by atomic mass is 9.76. The number of nitrogens with zero attached hydrogens (tertiary/aromatic N) is 1. The van der Waals surface area contributed by atoms with E-state index >= 15 is 0 Å². The Balaban J connectivity index is 1.41. The predicted octanol–water partition coefficient (Wildman–Crippen LogP) is 10.2. The Morgan fingerprint density at radius 1 is 0.690 bits per heavy atom. The van der Waals surface area contributed by atoms with E-state index in [1.807, 2.05) is 42.5 Å². The van der Waals surface area contributed by atoms with Gasteiger partial charge in [-0.3, -0.25) is 0 Å². The number of thiophene rings is 1. The third-order valence-corrected chi connectivity index (χ3v) is 8.76. The van der Waals surface area contributed by atoms with E-state index in [1.54, 1.807) is 11.3 Å². The van der Waals surface area contributed by atoms with Crippen LogP contribution < -0.4 is 14.2 Å². The molecule has 2 aliphatic rings. The van der Waals surface area contributed by atoms with Crippen molar-refractivity contribution in [1.82, 2.24) is 0 Å². The first kappa shape index (κ1) is 28.4. The maximum Gasteiger partial charge on any atom is 0.233 e. The Labute approximate surface area is 253 Å². The minimum atomic E-state index is -0.945. The number of ether oxygens (including phenoxy) is 4. The van der Waals surface area contributed by atoms with Gasteiger partial charge in [0.15, 0.2) is 5.60 Å². The minimum Gasteiger partial charge on any atom is -0.493 e. The summed E-state index contributed by atoms with van der Waals surface area (Å²) in [6.07, 6.45) is 9.28. The van der Waals surface area contributed by atoms with Crippen molar-refractivity contribution in [3.8, 4) is 23.0 Å². The zero-order chi connectivity index (χ0) is 28.8. The number of benzene rings is 3. The van der Waals surface area contributed by atoms with Gasteiger partial charge in [0.2, 0.25) is 5.90 Å². The minimum absolute atomic E-state index is 0.606. The van der Waals surface area contributed by atoms with E-state index in [-0.39, 0.29) is 0 Å². The fraction of sp³-hybridized carbons (Fsp3) is 0.361. The van der Waals surface area contributed by atoms with Gasteiger partial charge in [0.25, 0.3) is 0 Å². The zero-order valence-corrected chi connectivity index (χ0v) is 25.4. The third kappa shape index (κ3) is 5.65. The first-order valence-electron chi connectivity index (χ1n) is 15.4. The molecule has 5 nitrogen and oxygen atoms in total. The summed E-state index contributed by atoms with van der Waals surface area (Å²) in [7, 11) is 0. The molecule has 0 atom stereocenters. The van der Waals surface area contributed by atoms with E-state index in [0.29, 0.717) is 19.1 Å². The SMILES string of the molecule is CCCCCCOc1ccc2c(c1)Oc1cc(OCCCCCC)ccc1C21OC(c2cccs2)=Nc2ccccc21. The molecule has 1 spiro atoms. The van der Waals surface area contributed by atoms with Gasteiger partial charge >= 0.3 is 0 Å². The number of para-hydroxylation sites is 1. The highest BCUT2D eigenvalue weighted by Gasteiger charge is 2.50. The second kappa shape index (κ2) is 13.0. The van der Waals surface area contributed by atoms with Crippen LogP contribution in [-0.4, -0.2) is 19.1 Å². The topological polar surface area (TPSA) is 49.3 Å². The van der Waals surface area contributed by atoms with E-state index in [2.05, 4.69) is 49.6 Å². The molecule has 3 heterocycles. The van der Waals surface area contributed by atoms with Crippen LogP contribution >= 0.6 is 11.3 Å². The summed E-state index contributed by atoms with van der Waals surface area (Å²) in [6, 6.07) is 24.6. The van der Waals surface area contributed by atoms with Crippen LogP contribution in [0.1, 0.15) is 86.8 Å². The molecule has 6 heteroatoms. The summed E-state index contributed by atoms with van der Waals surface area (Å²) >= 11 is 1.62. The molecule has 0 saturated carbocycles. The second-order valence-electron chi connectivity index (χ2n) is 10.9. The predicted molar refractivity (Wildman–Crippen MR) is 170 cm³/mol. The molecule has 0 bridgehead atoms. The van der Waals surface area contributed by atoms with Gasteiger partial charge in [0.1, 0.15) is 23.0 Å². The van der Waals surface area contributed by atoms with Gasteiger partial charge in [0.05, 0.1) is 23.8 Å². The molecule has 0 amide bonds. The summed E-state index contributed by atoms with van der Waals surface area (Å²) in [6.45, 7) is 5.81. The Bertz CT molecular complexity index is 1460. The van der Waals surface area contributed by atoms with Gasteiger partial charge < -0.3 is 18.9 Å². The van der Waals surface area contributed by atoms with E-state index in [4.69, 9.17) is 23.9 Å². The Morgan fingerprint density at radius 2 is 1.33 bits per heavy atom. The number of fused-ring (bicyclic) bond motifs is 6. The first-order valence-corrected chi connectivity index (χ1v) is 16.2. The maximum absolute atomic E-state index is 7.07. The van der Waals surface area contributed by atoms with Crippen molar-refractivity contribution in [2.45, 2.75) is 70.8 Å². The van der Waals surface area contributed by atoms with E-state index in [1.165, 1.54) is 38.5 Å². The smallest absolute Gasteiger partial charge is 0.233 e. The molecule has 0 aliphatic carbocycles. The molecule has 0 saturated heterocycles. The quantitative estimate of drug-likeness (QED) is 0.147. The van der Waals surface area contributed by atoms with Crippen molar-refractivity contribution >= 4 is 22.9 Å². The van der Waals surface area contributed by atoms with Crippen LogP contribution in [-0.2, 0) is 10.3 Å². The summed E-state index contributed by atoms with van der Waals surface area (Å²) < 4.78 is 26.1. The van der Waals surface area contributed by atoms with E-state index in [0.717, 1.165) is 63.1 Å². The molecule has 6 rings (SSSR count). The molecule has 42 heavy (non-hydrogen) atoms. The van der Waals surface area contributed by atoms with Crippen molar-refractivity contribution in [2.24, 2.45) is 4.99 Å². The summed E-state index contributed by atoms with van der Waals surface area (Å²) in [5, 5.41) is 2.05. The van der Waals surface area contributed by atoms with Crippen LogP contribution in [0.3, 0.4) is 0 Å². The Morgan fingerprint density at radius 3 is 1.93 bits per heavy atom. The molecule has 218 valence electrons. The normalized spacial score (nSPS) is 14.2. The van der Waals surface area contributed by atoms with Gasteiger partial charge in [-0.05, 0) is 54.6 Å². The monoisotopic (exact) mass is 581 g/mol. The molecular formula is C36H39NO4S. The fourth-order valence-corrected chi connectivity index (χ4v) is 6.39. The number of hydrogen-bond acceptors (Lipinski definition) is 6. The Kier molecular flexibility index (Phi) is 8.80. The number of unbranched alkanes of at least 4 members (excludes halogenated alkanes) is 6. The van der Waals surface area contributed by atoms with Crippen LogP contribution in [0.2, 0.25) is 0 Å². The van der Waals surface area contributed by atoms with Crippen LogP contribution in [0.15, 0.2) is 83.2 Å². The van der Waals surface area contributed by atoms with Gasteiger partial charge in [-0.2, -0.15) is 0 Å². The number of rotatable bonds is 13. The van der Waals surface area contributed by atoms with E-state index < -0.39 is 5.60 Å². The summed E-state index contributed by atoms with van der Waals surface area (Å²) in [4.78, 5) is 5.95. The van der Waals surface area contributed by atoms with Gasteiger partial charge in [-0.15, -0.1) is 11.3 Å². The molecule has 0 radical (unpaired) electrons. The van der Waals surface area contributed by atoms with Crippen molar-refractivity contribution in [3.63, 3.8) is 0 Å². The highest BCUT2D eigenvalue weighted by molar-refractivity contribution is 7.12. The molecule has 4 aromatic rings. The van der Waals surface area contributed by atoms with Crippen LogP contribution in [0.4, 0.5) is 5.69 Å². The molecule has 0 N–H and O–H groups in total. The molecular weight excluding hydrogens is 542 g/mol. The molecule has 0 fully saturated rings. The maximum atomic E-state index is 7.07. The Hall–Kier alpha value is -3.77. The highest BCUT2D eigenvalue weighted by Crippen LogP contribution is 2.57. The number of aliphatic imine (C=N–C) groups is 1. The second-order valence-corrected chi connectivity index (χ2v) is 11.9. The van der Waals surface area contributed by atoms with Crippen molar-refractivity contribution in [3.05, 3.63) is 99.7 Å². The summed E-state index contributed by atoms with van der Waals surface area (Å²) in [5.74, 6) is 3.63. The summed E-state index contributed by atoms with van der Waals surface area (Å²) in [5.41, 5.74) is 2.78. The lowest BCUT2D eigenvalue weighted by Gasteiger charge is -2.43. The lowest BCUT2D eigenvalue weighted by Crippen LogP contribution is -2.39. The first-order chi connectivity index (χ1) is 20.7. The van der Waals surface area contributed by atoms with Gasteiger partial charge in [0, 0.05) is 28.8 Å². The lowest BCUT2D eigenvalue weighted by molar-refractivity contribution is 0.124. The van der Waals surface area contributed by atoms with Gasteiger partial charge in [-0.25, -0.2) is 4.99 Å². The van der Waals surface area contributed by atoms with Crippen molar-refractivity contribution < 1.29 is 18.9 Å². The van der Waals surface area contributed by atoms with Gasteiger partial charge in [-0.1, -0.05) is 76.6 Å². The molecule has 0 unspecified atom stereocenters.